The molecule has 0 saturated carbocycles. The van der Waals surface area contributed by atoms with Gasteiger partial charge in [0.25, 0.3) is 5.69 Å². The fraction of sp³-hybridized carbons (Fsp3) is 0.545. The number of morpholine rings is 1. The number of hydrogen-bond acceptors (Lipinski definition) is 5. The molecular weight excluding hydrogens is 254 g/mol. The van der Waals surface area contributed by atoms with Crippen LogP contribution in [0.1, 0.15) is 10.5 Å². The minimum Gasteiger partial charge on any atom is -0.477 e. The Labute approximate surface area is 109 Å². The summed E-state index contributed by atoms with van der Waals surface area (Å²) in [4.78, 5) is 23.2. The number of hydrogen-bond donors (Lipinski definition) is 1. The molecule has 0 aliphatic carbocycles. The van der Waals surface area contributed by atoms with Gasteiger partial charge >= 0.3 is 5.97 Å². The van der Waals surface area contributed by atoms with E-state index >= 15 is 0 Å². The van der Waals surface area contributed by atoms with Gasteiger partial charge in [-0.2, -0.15) is 0 Å². The summed E-state index contributed by atoms with van der Waals surface area (Å²) in [5.74, 6) is -1.18. The minimum atomic E-state index is -1.18. The molecule has 1 N–H and O–H groups in total. The SMILES string of the molecule is CN1CCOC(Cn2cc([N+](=O)[O-])cc2C(=O)O)C1. The fourth-order valence-electron chi connectivity index (χ4n) is 2.12. The summed E-state index contributed by atoms with van der Waals surface area (Å²) in [7, 11) is 1.95. The predicted octanol–water partition coefficient (Wildman–Crippen LogP) is 0.425. The quantitative estimate of drug-likeness (QED) is 0.628. The standard InChI is InChI=1S/C11H15N3O5/c1-12-2-3-19-9(6-12)7-13-5-8(14(17)18)4-10(13)11(15)16/h4-5,9H,2-3,6-7H2,1H3,(H,15,16). The smallest absolute Gasteiger partial charge is 0.352 e. The maximum Gasteiger partial charge on any atom is 0.352 e. The van der Waals surface area contributed by atoms with Gasteiger partial charge in [0.1, 0.15) is 5.69 Å². The molecule has 104 valence electrons. The van der Waals surface area contributed by atoms with Gasteiger partial charge in [-0.1, -0.05) is 0 Å². The summed E-state index contributed by atoms with van der Waals surface area (Å²) in [5.41, 5.74) is -0.315. The van der Waals surface area contributed by atoms with E-state index in [1.54, 1.807) is 0 Å². The van der Waals surface area contributed by atoms with Crippen molar-refractivity contribution in [3.05, 3.63) is 28.1 Å². The molecule has 1 aliphatic heterocycles. The van der Waals surface area contributed by atoms with E-state index in [0.29, 0.717) is 19.7 Å². The largest absolute Gasteiger partial charge is 0.477 e. The first-order valence-electron chi connectivity index (χ1n) is 5.85. The van der Waals surface area contributed by atoms with Crippen LogP contribution in [0, 0.1) is 10.1 Å². The van der Waals surface area contributed by atoms with Crippen molar-refractivity contribution in [2.24, 2.45) is 0 Å². The maximum absolute atomic E-state index is 11.1. The highest BCUT2D eigenvalue weighted by Gasteiger charge is 2.23. The summed E-state index contributed by atoms with van der Waals surface area (Å²) >= 11 is 0. The lowest BCUT2D eigenvalue weighted by Gasteiger charge is -2.30. The average molecular weight is 269 g/mol. The monoisotopic (exact) mass is 269 g/mol. The van der Waals surface area contributed by atoms with Crippen molar-refractivity contribution >= 4 is 11.7 Å². The lowest BCUT2D eigenvalue weighted by atomic mass is 10.2. The van der Waals surface area contributed by atoms with Gasteiger partial charge in [-0.05, 0) is 7.05 Å². The number of nitro groups is 1. The molecule has 1 aromatic rings. The number of likely N-dealkylation sites (N-methyl/N-ethyl adjacent to an activating group) is 1. The predicted molar refractivity (Wildman–Crippen MR) is 65.3 cm³/mol. The van der Waals surface area contributed by atoms with Crippen LogP contribution in [0.5, 0.6) is 0 Å². The van der Waals surface area contributed by atoms with Crippen molar-refractivity contribution in [2.45, 2.75) is 12.6 Å². The summed E-state index contributed by atoms with van der Waals surface area (Å²) in [6, 6.07) is 1.06. The zero-order valence-electron chi connectivity index (χ0n) is 10.5. The number of carboxylic acids is 1. The first-order chi connectivity index (χ1) is 8.97. The highest BCUT2D eigenvalue weighted by atomic mass is 16.6. The van der Waals surface area contributed by atoms with E-state index in [4.69, 9.17) is 9.84 Å². The molecule has 8 nitrogen and oxygen atoms in total. The summed E-state index contributed by atoms with van der Waals surface area (Å²) in [6.07, 6.45) is 1.07. The first-order valence-corrected chi connectivity index (χ1v) is 5.85. The van der Waals surface area contributed by atoms with E-state index < -0.39 is 10.9 Å². The molecule has 2 rings (SSSR count). The van der Waals surface area contributed by atoms with Crippen LogP contribution in [0.25, 0.3) is 0 Å². The Hall–Kier alpha value is -1.93. The second-order valence-corrected chi connectivity index (χ2v) is 4.55. The van der Waals surface area contributed by atoms with E-state index in [1.807, 2.05) is 7.05 Å². The van der Waals surface area contributed by atoms with E-state index in [2.05, 4.69) is 4.90 Å². The molecule has 1 aliphatic rings. The molecule has 1 aromatic heterocycles. The van der Waals surface area contributed by atoms with Crippen molar-refractivity contribution < 1.29 is 19.6 Å². The van der Waals surface area contributed by atoms with Crippen molar-refractivity contribution in [2.75, 3.05) is 26.7 Å². The number of nitrogens with zero attached hydrogens (tertiary/aromatic N) is 3. The Balaban J connectivity index is 2.18. The molecule has 8 heteroatoms. The molecule has 1 unspecified atom stereocenters. The van der Waals surface area contributed by atoms with Crippen LogP contribution >= 0.6 is 0 Å². The van der Waals surface area contributed by atoms with Gasteiger partial charge in [0, 0.05) is 19.2 Å². The van der Waals surface area contributed by atoms with Gasteiger partial charge in [0.05, 0.1) is 30.4 Å². The molecule has 0 bridgehead atoms. The molecule has 1 atom stereocenters. The van der Waals surface area contributed by atoms with Gasteiger partial charge in [-0.25, -0.2) is 4.79 Å². The Morgan fingerprint density at radius 2 is 2.42 bits per heavy atom. The first kappa shape index (κ1) is 13.5. The van der Waals surface area contributed by atoms with Crippen molar-refractivity contribution in [1.82, 2.24) is 9.47 Å². The number of carbonyl (C=O) groups is 1. The Morgan fingerprint density at radius 3 is 3.00 bits per heavy atom. The Morgan fingerprint density at radius 1 is 1.68 bits per heavy atom. The van der Waals surface area contributed by atoms with Crippen LogP contribution in [0.2, 0.25) is 0 Å². The second-order valence-electron chi connectivity index (χ2n) is 4.55. The second kappa shape index (κ2) is 5.37. The maximum atomic E-state index is 11.1. The van der Waals surface area contributed by atoms with E-state index in [9.17, 15) is 14.9 Å². The minimum absolute atomic E-state index is 0.0940. The molecule has 2 heterocycles. The Bertz CT molecular complexity index is 499. The molecule has 0 spiro atoms. The van der Waals surface area contributed by atoms with Crippen LogP contribution in [-0.2, 0) is 11.3 Å². The number of ether oxygens (including phenoxy) is 1. The van der Waals surface area contributed by atoms with E-state index in [-0.39, 0.29) is 17.5 Å². The number of aromatic nitrogens is 1. The lowest BCUT2D eigenvalue weighted by Crippen LogP contribution is -2.42. The highest BCUT2D eigenvalue weighted by molar-refractivity contribution is 5.86. The highest BCUT2D eigenvalue weighted by Crippen LogP contribution is 2.18. The van der Waals surface area contributed by atoms with Crippen LogP contribution in [0.15, 0.2) is 12.3 Å². The third kappa shape index (κ3) is 3.09. The van der Waals surface area contributed by atoms with Crippen LogP contribution < -0.4 is 0 Å². The van der Waals surface area contributed by atoms with Crippen molar-refractivity contribution in [3.63, 3.8) is 0 Å². The van der Waals surface area contributed by atoms with Gasteiger partial charge < -0.3 is 19.3 Å². The molecule has 1 saturated heterocycles. The number of aromatic carboxylic acids is 1. The molecule has 0 radical (unpaired) electrons. The zero-order chi connectivity index (χ0) is 14.0. The third-order valence-corrected chi connectivity index (χ3v) is 3.05. The number of carboxylic acid groups (broad SMARTS) is 1. The zero-order valence-corrected chi connectivity index (χ0v) is 10.5. The molecular formula is C11H15N3O5. The van der Waals surface area contributed by atoms with Gasteiger partial charge in [0.15, 0.2) is 0 Å². The normalized spacial score (nSPS) is 20.4. The van der Waals surface area contributed by atoms with Crippen LogP contribution in [-0.4, -0.2) is 58.3 Å². The van der Waals surface area contributed by atoms with Crippen molar-refractivity contribution in [3.8, 4) is 0 Å². The van der Waals surface area contributed by atoms with Crippen LogP contribution in [0.3, 0.4) is 0 Å². The summed E-state index contributed by atoms with van der Waals surface area (Å²) in [5, 5.41) is 19.7. The van der Waals surface area contributed by atoms with Crippen molar-refractivity contribution in [1.29, 1.82) is 0 Å². The average Bonchev–Trinajstić information content (AvgIpc) is 2.73. The lowest BCUT2D eigenvalue weighted by molar-refractivity contribution is -0.384. The fourth-order valence-corrected chi connectivity index (χ4v) is 2.12. The van der Waals surface area contributed by atoms with E-state index in [0.717, 1.165) is 12.6 Å². The molecule has 0 amide bonds. The number of rotatable bonds is 4. The van der Waals surface area contributed by atoms with Gasteiger partial charge in [-0.15, -0.1) is 0 Å². The summed E-state index contributed by atoms with van der Waals surface area (Å²) in [6.45, 7) is 2.37. The molecule has 0 aromatic carbocycles. The third-order valence-electron chi connectivity index (χ3n) is 3.05. The summed E-state index contributed by atoms with van der Waals surface area (Å²) < 4.78 is 6.90. The molecule has 19 heavy (non-hydrogen) atoms. The van der Waals surface area contributed by atoms with Crippen LogP contribution in [0.4, 0.5) is 5.69 Å². The van der Waals surface area contributed by atoms with E-state index in [1.165, 1.54) is 10.8 Å². The topological polar surface area (TPSA) is 97.8 Å². The Kier molecular flexibility index (Phi) is 3.82. The van der Waals surface area contributed by atoms with Gasteiger partial charge in [0.2, 0.25) is 0 Å². The van der Waals surface area contributed by atoms with Gasteiger partial charge in [-0.3, -0.25) is 10.1 Å². The molecule has 1 fully saturated rings.